The van der Waals surface area contributed by atoms with E-state index in [9.17, 15) is 9.59 Å². The van der Waals surface area contributed by atoms with Crippen LogP contribution in [0.15, 0.2) is 29.2 Å². The molecule has 0 unspecified atom stereocenters. The third-order valence-corrected chi connectivity index (χ3v) is 6.00. The summed E-state index contributed by atoms with van der Waals surface area (Å²) in [7, 11) is 2.10. The Morgan fingerprint density at radius 2 is 1.93 bits per heavy atom. The third-order valence-electron chi connectivity index (χ3n) is 4.62. The number of nitrogens with zero attached hydrogens (tertiary/aromatic N) is 2. The minimum atomic E-state index is -0.864. The van der Waals surface area contributed by atoms with Gasteiger partial charge in [0.25, 0.3) is 5.91 Å². The van der Waals surface area contributed by atoms with Crippen LogP contribution in [-0.2, 0) is 9.59 Å². The van der Waals surface area contributed by atoms with Gasteiger partial charge >= 0.3 is 5.97 Å². The molecule has 152 valence electrons. The monoisotopic (exact) mass is 420 g/mol. The average Bonchev–Trinajstić information content (AvgIpc) is 2.93. The lowest BCUT2D eigenvalue weighted by Crippen LogP contribution is -2.29. The van der Waals surface area contributed by atoms with Gasteiger partial charge in [0.15, 0.2) is 0 Å². The zero-order valence-corrected chi connectivity index (χ0v) is 18.2. The van der Waals surface area contributed by atoms with Crippen molar-refractivity contribution in [1.82, 2.24) is 4.90 Å². The first-order chi connectivity index (χ1) is 13.4. The smallest absolute Gasteiger partial charge is 0.303 e. The van der Waals surface area contributed by atoms with Gasteiger partial charge in [-0.25, -0.2) is 0 Å². The van der Waals surface area contributed by atoms with E-state index in [2.05, 4.69) is 31.0 Å². The number of amides is 1. The number of carbonyl (C=O) groups is 2. The predicted octanol–water partition coefficient (Wildman–Crippen LogP) is 4.77. The van der Waals surface area contributed by atoms with Crippen LogP contribution >= 0.6 is 24.0 Å². The fraction of sp³-hybridized carbons (Fsp3) is 0.476. The van der Waals surface area contributed by atoms with Crippen molar-refractivity contribution in [2.24, 2.45) is 0 Å². The topological polar surface area (TPSA) is 60.9 Å². The maximum absolute atomic E-state index is 12.5. The normalized spacial score (nSPS) is 15.5. The lowest BCUT2D eigenvalue weighted by molar-refractivity contribution is -0.137. The van der Waals surface area contributed by atoms with Crippen LogP contribution < -0.4 is 4.90 Å². The number of carbonyl (C=O) groups excluding carboxylic acids is 1. The van der Waals surface area contributed by atoms with Gasteiger partial charge in [0.1, 0.15) is 4.32 Å². The Hall–Kier alpha value is -1.86. The number of hydrogen-bond acceptors (Lipinski definition) is 5. The highest BCUT2D eigenvalue weighted by atomic mass is 32.2. The van der Waals surface area contributed by atoms with Crippen molar-refractivity contribution in [1.29, 1.82) is 0 Å². The van der Waals surface area contributed by atoms with Crippen molar-refractivity contribution in [3.8, 4) is 0 Å². The van der Waals surface area contributed by atoms with Gasteiger partial charge in [-0.15, -0.1) is 0 Å². The zero-order chi connectivity index (χ0) is 20.5. The quantitative estimate of drug-likeness (QED) is 0.316. The molecule has 0 bridgehead atoms. The van der Waals surface area contributed by atoms with E-state index < -0.39 is 5.97 Å². The second-order valence-corrected chi connectivity index (χ2v) is 8.58. The Bertz CT molecular complexity index is 732. The highest BCUT2D eigenvalue weighted by molar-refractivity contribution is 8.26. The molecule has 1 fully saturated rings. The Balaban J connectivity index is 1.94. The molecular formula is C21H28N2O3S2. The molecule has 0 saturated carbocycles. The summed E-state index contributed by atoms with van der Waals surface area (Å²) in [6, 6.07) is 8.15. The van der Waals surface area contributed by atoms with Crippen molar-refractivity contribution in [2.75, 3.05) is 25.0 Å². The van der Waals surface area contributed by atoms with Crippen LogP contribution in [0.1, 0.15) is 51.0 Å². The molecule has 1 aromatic carbocycles. The van der Waals surface area contributed by atoms with Gasteiger partial charge in [0.05, 0.1) is 4.91 Å². The summed E-state index contributed by atoms with van der Waals surface area (Å²) in [5.74, 6) is -1.01. The first-order valence-electron chi connectivity index (χ1n) is 9.70. The molecular weight excluding hydrogens is 392 g/mol. The summed E-state index contributed by atoms with van der Waals surface area (Å²) in [5.41, 5.74) is 2.11. The molecule has 1 heterocycles. The van der Waals surface area contributed by atoms with Crippen molar-refractivity contribution < 1.29 is 14.7 Å². The molecule has 7 heteroatoms. The Morgan fingerprint density at radius 3 is 2.57 bits per heavy atom. The van der Waals surface area contributed by atoms with Crippen LogP contribution in [0.5, 0.6) is 0 Å². The fourth-order valence-electron chi connectivity index (χ4n) is 2.96. The zero-order valence-electron chi connectivity index (χ0n) is 16.5. The molecule has 2 rings (SSSR count). The van der Waals surface area contributed by atoms with Crippen LogP contribution in [-0.4, -0.2) is 46.3 Å². The number of rotatable bonds is 11. The van der Waals surface area contributed by atoms with E-state index in [-0.39, 0.29) is 12.3 Å². The maximum atomic E-state index is 12.5. The van der Waals surface area contributed by atoms with Gasteiger partial charge < -0.3 is 10.0 Å². The van der Waals surface area contributed by atoms with Crippen LogP contribution in [0, 0.1) is 0 Å². The minimum absolute atomic E-state index is 0.0313. The second-order valence-electron chi connectivity index (χ2n) is 6.90. The molecule has 1 amide bonds. The predicted molar refractivity (Wildman–Crippen MR) is 121 cm³/mol. The van der Waals surface area contributed by atoms with E-state index in [0.717, 1.165) is 17.8 Å². The number of aliphatic carboxylic acids is 1. The summed E-state index contributed by atoms with van der Waals surface area (Å²) in [6.45, 7) is 3.59. The largest absolute Gasteiger partial charge is 0.481 e. The van der Waals surface area contributed by atoms with Gasteiger partial charge in [-0.05, 0) is 36.6 Å². The van der Waals surface area contributed by atoms with E-state index in [1.54, 1.807) is 0 Å². The summed E-state index contributed by atoms with van der Waals surface area (Å²) in [6.07, 6.45) is 7.24. The molecule has 28 heavy (non-hydrogen) atoms. The van der Waals surface area contributed by atoms with Gasteiger partial charge in [-0.3, -0.25) is 14.5 Å². The molecule has 0 radical (unpaired) electrons. The number of thioether (sulfide) groups is 1. The summed E-state index contributed by atoms with van der Waals surface area (Å²) < 4.78 is 0.491. The standard InChI is InChI=1S/C21H28N2O3S2/c1-3-4-5-6-13-22(2)17-11-9-16(10-12-17)15-18-20(26)23(21(27)28-18)14-7-8-19(24)25/h9-12,15H,3-8,13-14H2,1-2H3,(H,24,25). The summed E-state index contributed by atoms with van der Waals surface area (Å²) >= 11 is 6.55. The molecule has 1 saturated heterocycles. The summed E-state index contributed by atoms with van der Waals surface area (Å²) in [4.78, 5) is 27.5. The van der Waals surface area contributed by atoms with Gasteiger partial charge in [-0.2, -0.15) is 0 Å². The fourth-order valence-corrected chi connectivity index (χ4v) is 4.27. The van der Waals surface area contributed by atoms with Crippen LogP contribution in [0.3, 0.4) is 0 Å². The first kappa shape index (κ1) is 22.4. The molecule has 0 aromatic heterocycles. The lowest BCUT2D eigenvalue weighted by Gasteiger charge is -2.19. The maximum Gasteiger partial charge on any atom is 0.303 e. The number of unbranched alkanes of at least 4 members (excludes halogenated alkanes) is 3. The highest BCUT2D eigenvalue weighted by Crippen LogP contribution is 2.33. The van der Waals surface area contributed by atoms with Crippen molar-refractivity contribution in [2.45, 2.75) is 45.4 Å². The molecule has 1 aliphatic heterocycles. The summed E-state index contributed by atoms with van der Waals surface area (Å²) in [5, 5.41) is 8.74. The molecule has 1 aromatic rings. The van der Waals surface area contributed by atoms with Crippen LogP contribution in [0.4, 0.5) is 5.69 Å². The average molecular weight is 421 g/mol. The van der Waals surface area contributed by atoms with Gasteiger partial charge in [-0.1, -0.05) is 62.3 Å². The Morgan fingerprint density at radius 1 is 1.21 bits per heavy atom. The van der Waals surface area contributed by atoms with Gasteiger partial charge in [0, 0.05) is 32.2 Å². The Labute approximate surface area is 176 Å². The highest BCUT2D eigenvalue weighted by Gasteiger charge is 2.31. The molecule has 5 nitrogen and oxygen atoms in total. The number of benzene rings is 1. The number of thiocarbonyl (C=S) groups is 1. The van der Waals surface area contributed by atoms with E-state index >= 15 is 0 Å². The third kappa shape index (κ3) is 6.63. The van der Waals surface area contributed by atoms with Gasteiger partial charge in [0.2, 0.25) is 0 Å². The van der Waals surface area contributed by atoms with E-state index in [4.69, 9.17) is 17.3 Å². The first-order valence-corrected chi connectivity index (χ1v) is 10.9. The van der Waals surface area contributed by atoms with Crippen LogP contribution in [0.2, 0.25) is 0 Å². The molecule has 0 atom stereocenters. The lowest BCUT2D eigenvalue weighted by atomic mass is 10.1. The number of anilines is 1. The molecule has 0 aliphatic carbocycles. The van der Waals surface area contributed by atoms with Crippen molar-refractivity contribution in [3.05, 3.63) is 34.7 Å². The second kappa shape index (κ2) is 11.2. The molecule has 0 spiro atoms. The number of carboxylic acids is 1. The Kier molecular flexibility index (Phi) is 8.99. The van der Waals surface area contributed by atoms with E-state index in [1.165, 1.54) is 42.3 Å². The molecule has 1 aliphatic rings. The van der Waals surface area contributed by atoms with Crippen molar-refractivity contribution >= 4 is 51.9 Å². The SMILES string of the molecule is CCCCCCN(C)c1ccc(C=C2SC(=S)N(CCCC(=O)O)C2=O)cc1. The number of carboxylic acid groups (broad SMARTS) is 1. The molecule has 1 N–H and O–H groups in total. The van der Waals surface area contributed by atoms with E-state index in [1.807, 2.05) is 18.2 Å². The van der Waals surface area contributed by atoms with E-state index in [0.29, 0.717) is 22.2 Å². The minimum Gasteiger partial charge on any atom is -0.481 e. The van der Waals surface area contributed by atoms with Crippen LogP contribution in [0.25, 0.3) is 6.08 Å². The van der Waals surface area contributed by atoms with Crippen molar-refractivity contribution in [3.63, 3.8) is 0 Å². The number of hydrogen-bond donors (Lipinski definition) is 1.